The Morgan fingerprint density at radius 2 is 2.30 bits per heavy atom. The first-order valence-electron chi connectivity index (χ1n) is 6.92. The molecular formula is C16H18BrNOS. The number of hydrogen-bond donors (Lipinski definition) is 1. The second-order valence-electron chi connectivity index (χ2n) is 5.07. The molecule has 1 unspecified atom stereocenters. The molecule has 1 aromatic carbocycles. The smallest absolute Gasteiger partial charge is 0.124 e. The number of rotatable bonds is 4. The monoisotopic (exact) mass is 351 g/mol. The molecular weight excluding hydrogens is 334 g/mol. The predicted molar refractivity (Wildman–Crippen MR) is 87.5 cm³/mol. The van der Waals surface area contributed by atoms with Crippen LogP contribution in [0.15, 0.2) is 34.1 Å². The highest BCUT2D eigenvalue weighted by Gasteiger charge is 2.18. The highest BCUT2D eigenvalue weighted by molar-refractivity contribution is 9.10. The Labute approximate surface area is 132 Å². The molecule has 2 nitrogen and oxygen atoms in total. The molecule has 0 aliphatic heterocycles. The predicted octanol–water partition coefficient (Wildman–Crippen LogP) is 4.69. The summed E-state index contributed by atoms with van der Waals surface area (Å²) in [6, 6.07) is 9.08. The number of halogens is 1. The number of thiophene rings is 1. The van der Waals surface area contributed by atoms with Gasteiger partial charge >= 0.3 is 0 Å². The third-order valence-corrected chi connectivity index (χ3v) is 5.74. The van der Waals surface area contributed by atoms with Crippen LogP contribution in [-0.4, -0.2) is 7.05 Å². The third kappa shape index (κ3) is 2.92. The Morgan fingerprint density at radius 1 is 1.40 bits per heavy atom. The summed E-state index contributed by atoms with van der Waals surface area (Å²) in [6.45, 7) is 0.631. The zero-order valence-corrected chi connectivity index (χ0v) is 13.9. The molecule has 0 saturated carbocycles. The van der Waals surface area contributed by atoms with E-state index in [1.54, 1.807) is 11.3 Å². The molecule has 0 fully saturated rings. The van der Waals surface area contributed by atoms with Crippen molar-refractivity contribution in [1.82, 2.24) is 5.32 Å². The van der Waals surface area contributed by atoms with Crippen LogP contribution in [0.5, 0.6) is 5.75 Å². The molecule has 1 N–H and O–H groups in total. The number of ether oxygens (including phenoxy) is 1. The lowest BCUT2D eigenvalue weighted by Gasteiger charge is -2.25. The lowest BCUT2D eigenvalue weighted by Crippen LogP contribution is -2.21. The molecule has 0 bridgehead atoms. The Balaban J connectivity index is 1.74. The highest BCUT2D eigenvalue weighted by Crippen LogP contribution is 2.32. The third-order valence-electron chi connectivity index (χ3n) is 3.84. The summed E-state index contributed by atoms with van der Waals surface area (Å²) in [7, 11) is 2.04. The number of fused-ring (bicyclic) bond motifs is 1. The lowest BCUT2D eigenvalue weighted by atomic mass is 9.87. The summed E-state index contributed by atoms with van der Waals surface area (Å²) in [5.74, 6) is 0.973. The number of aryl methyl sites for hydroxylation is 1. The van der Waals surface area contributed by atoms with E-state index in [0.717, 1.165) is 16.6 Å². The molecule has 0 saturated heterocycles. The quantitative estimate of drug-likeness (QED) is 0.862. The molecule has 20 heavy (non-hydrogen) atoms. The van der Waals surface area contributed by atoms with Crippen molar-refractivity contribution in [2.75, 3.05) is 7.05 Å². The summed E-state index contributed by atoms with van der Waals surface area (Å²) in [5, 5.41) is 5.47. The van der Waals surface area contributed by atoms with Crippen molar-refractivity contribution in [2.24, 2.45) is 0 Å². The summed E-state index contributed by atoms with van der Waals surface area (Å²) >= 11 is 5.26. The van der Waals surface area contributed by atoms with Gasteiger partial charge in [0.05, 0.1) is 4.88 Å². The van der Waals surface area contributed by atoms with Crippen LogP contribution in [0.4, 0.5) is 0 Å². The number of hydrogen-bond acceptors (Lipinski definition) is 3. The van der Waals surface area contributed by atoms with Crippen molar-refractivity contribution in [3.8, 4) is 5.75 Å². The van der Waals surface area contributed by atoms with E-state index in [-0.39, 0.29) is 0 Å². The zero-order valence-electron chi connectivity index (χ0n) is 11.5. The standard InChI is InChI=1S/C16H18BrNOS/c1-18-15-4-2-3-11-9-12(5-6-13(11)15)19-10-16-14(17)7-8-20-16/h5-9,15,18H,2-4,10H2,1H3. The first kappa shape index (κ1) is 14.1. The molecule has 106 valence electrons. The van der Waals surface area contributed by atoms with Gasteiger partial charge in [0, 0.05) is 10.5 Å². The van der Waals surface area contributed by atoms with Crippen molar-refractivity contribution in [3.63, 3.8) is 0 Å². The van der Waals surface area contributed by atoms with E-state index in [9.17, 15) is 0 Å². The van der Waals surface area contributed by atoms with Crippen LogP contribution in [-0.2, 0) is 13.0 Å². The summed E-state index contributed by atoms with van der Waals surface area (Å²) in [6.07, 6.45) is 3.64. The fourth-order valence-corrected chi connectivity index (χ4v) is 4.14. The molecule has 0 amide bonds. The number of benzene rings is 1. The van der Waals surface area contributed by atoms with Crippen LogP contribution >= 0.6 is 27.3 Å². The van der Waals surface area contributed by atoms with Crippen LogP contribution < -0.4 is 10.1 Å². The lowest BCUT2D eigenvalue weighted by molar-refractivity contribution is 0.308. The molecule has 1 heterocycles. The largest absolute Gasteiger partial charge is 0.488 e. The summed E-state index contributed by atoms with van der Waals surface area (Å²) in [5.41, 5.74) is 2.86. The SMILES string of the molecule is CNC1CCCc2cc(OCc3sccc3Br)ccc21. The topological polar surface area (TPSA) is 21.3 Å². The average molecular weight is 352 g/mol. The van der Waals surface area contributed by atoms with Gasteiger partial charge in [-0.05, 0) is 76.9 Å². The molecule has 2 aromatic rings. The Hall–Kier alpha value is -0.840. The Morgan fingerprint density at radius 3 is 3.05 bits per heavy atom. The van der Waals surface area contributed by atoms with Crippen LogP contribution in [0.3, 0.4) is 0 Å². The van der Waals surface area contributed by atoms with Crippen molar-refractivity contribution >= 4 is 27.3 Å². The molecule has 0 radical (unpaired) electrons. The Kier molecular flexibility index (Phi) is 4.44. The molecule has 0 spiro atoms. The maximum atomic E-state index is 5.93. The fraction of sp³-hybridized carbons (Fsp3) is 0.375. The first-order chi connectivity index (χ1) is 9.78. The minimum atomic E-state index is 0.499. The number of nitrogens with one attached hydrogen (secondary N) is 1. The van der Waals surface area contributed by atoms with Crippen LogP contribution in [0.1, 0.15) is 34.9 Å². The maximum Gasteiger partial charge on any atom is 0.124 e. The molecule has 1 aliphatic rings. The van der Waals surface area contributed by atoms with E-state index in [4.69, 9.17) is 4.74 Å². The second-order valence-corrected chi connectivity index (χ2v) is 6.93. The van der Waals surface area contributed by atoms with E-state index in [0.29, 0.717) is 12.6 Å². The highest BCUT2D eigenvalue weighted by atomic mass is 79.9. The van der Waals surface area contributed by atoms with Gasteiger partial charge in [-0.3, -0.25) is 0 Å². The van der Waals surface area contributed by atoms with Gasteiger partial charge < -0.3 is 10.1 Å². The molecule has 1 aromatic heterocycles. The van der Waals surface area contributed by atoms with Crippen molar-refractivity contribution in [3.05, 3.63) is 50.1 Å². The van der Waals surface area contributed by atoms with Gasteiger partial charge in [0.15, 0.2) is 0 Å². The van der Waals surface area contributed by atoms with Crippen molar-refractivity contribution in [2.45, 2.75) is 31.9 Å². The van der Waals surface area contributed by atoms with Gasteiger partial charge in [-0.15, -0.1) is 11.3 Å². The van der Waals surface area contributed by atoms with Gasteiger partial charge in [-0.1, -0.05) is 6.07 Å². The van der Waals surface area contributed by atoms with Crippen molar-refractivity contribution < 1.29 is 4.74 Å². The van der Waals surface area contributed by atoms with Crippen molar-refractivity contribution in [1.29, 1.82) is 0 Å². The molecule has 4 heteroatoms. The summed E-state index contributed by atoms with van der Waals surface area (Å²) in [4.78, 5) is 1.23. The normalized spacial score (nSPS) is 17.8. The van der Waals surface area contributed by atoms with Gasteiger partial charge in [0.2, 0.25) is 0 Å². The Bertz CT molecular complexity index is 596. The van der Waals surface area contributed by atoms with E-state index >= 15 is 0 Å². The maximum absolute atomic E-state index is 5.93. The minimum absolute atomic E-state index is 0.499. The first-order valence-corrected chi connectivity index (χ1v) is 8.60. The van der Waals surface area contributed by atoms with Crippen LogP contribution in [0.2, 0.25) is 0 Å². The van der Waals surface area contributed by atoms with Crippen LogP contribution in [0.25, 0.3) is 0 Å². The minimum Gasteiger partial charge on any atom is -0.488 e. The molecule has 3 rings (SSSR count). The second kappa shape index (κ2) is 6.29. The van der Waals surface area contributed by atoms with Gasteiger partial charge in [-0.2, -0.15) is 0 Å². The van der Waals surface area contributed by atoms with E-state index in [1.807, 2.05) is 7.05 Å². The average Bonchev–Trinajstić information content (AvgIpc) is 2.89. The van der Waals surface area contributed by atoms with Gasteiger partial charge in [-0.25, -0.2) is 0 Å². The molecule has 1 aliphatic carbocycles. The summed E-state index contributed by atoms with van der Waals surface area (Å²) < 4.78 is 7.06. The zero-order chi connectivity index (χ0) is 13.9. The van der Waals surface area contributed by atoms with Crippen LogP contribution in [0, 0.1) is 0 Å². The van der Waals surface area contributed by atoms with Gasteiger partial charge in [0.25, 0.3) is 0 Å². The molecule has 1 atom stereocenters. The van der Waals surface area contributed by atoms with E-state index in [2.05, 4.69) is 50.9 Å². The van der Waals surface area contributed by atoms with E-state index in [1.165, 1.54) is 28.8 Å². The van der Waals surface area contributed by atoms with Gasteiger partial charge in [0.1, 0.15) is 12.4 Å². The fourth-order valence-electron chi connectivity index (χ4n) is 2.76. The van der Waals surface area contributed by atoms with E-state index < -0.39 is 0 Å².